The van der Waals surface area contributed by atoms with E-state index in [9.17, 15) is 0 Å². The smallest absolute Gasteiger partial charge is 0.143 e. The molecule has 1 saturated carbocycles. The molecular weight excluding hydrogens is 464 g/mol. The lowest BCUT2D eigenvalue weighted by Gasteiger charge is -2.39. The van der Waals surface area contributed by atoms with Gasteiger partial charge in [0, 0.05) is 47.8 Å². The molecule has 2 aliphatic heterocycles. The predicted octanol–water partition coefficient (Wildman–Crippen LogP) is 3.95. The van der Waals surface area contributed by atoms with E-state index in [0.29, 0.717) is 18.1 Å². The minimum atomic E-state index is 0.437. The van der Waals surface area contributed by atoms with Gasteiger partial charge in [-0.2, -0.15) is 5.10 Å². The van der Waals surface area contributed by atoms with Crippen LogP contribution in [-0.4, -0.2) is 81.1 Å². The van der Waals surface area contributed by atoms with E-state index in [1.165, 1.54) is 18.4 Å². The normalized spacial score (nSPS) is 24.1. The Labute approximate surface area is 217 Å². The maximum absolute atomic E-state index is 5.55. The van der Waals surface area contributed by atoms with Gasteiger partial charge in [-0.05, 0) is 69.3 Å². The zero-order chi connectivity index (χ0) is 24.6. The van der Waals surface area contributed by atoms with Crippen molar-refractivity contribution in [1.29, 1.82) is 0 Å². The van der Waals surface area contributed by atoms with Gasteiger partial charge in [0.2, 0.25) is 0 Å². The van der Waals surface area contributed by atoms with E-state index in [1.54, 1.807) is 6.33 Å². The number of hydrogen-bond acceptors (Lipinski definition) is 7. The number of piperidine rings is 1. The Bertz CT molecular complexity index is 1360. The molecule has 9 heteroatoms. The Morgan fingerprint density at radius 3 is 2.59 bits per heavy atom. The van der Waals surface area contributed by atoms with Crippen molar-refractivity contribution in [1.82, 2.24) is 34.9 Å². The zero-order valence-corrected chi connectivity index (χ0v) is 21.3. The van der Waals surface area contributed by atoms with Crippen LogP contribution >= 0.6 is 0 Å². The molecule has 3 fully saturated rings. The fourth-order valence-corrected chi connectivity index (χ4v) is 6.49. The molecule has 3 aliphatic rings. The number of aromatic nitrogens is 5. The minimum absolute atomic E-state index is 0.437. The third-order valence-electron chi connectivity index (χ3n) is 8.61. The summed E-state index contributed by atoms with van der Waals surface area (Å²) in [7, 11) is 0. The summed E-state index contributed by atoms with van der Waals surface area (Å²) in [6.45, 7) is 6.02. The monoisotopic (exact) mass is 500 g/mol. The standard InChI is InChI=1S/C28H36N8O/c1-6-25-24(15-19(1)20-16-32-36(17-20)23-7-9-29-10-8-23)26-27(30-18-31-28(26)34-25)33-21-2-4-22(5-3-21)35-11-13-37-14-12-35/h1,6,15-18,21-23,29H,2-5,7-14H2,(H2,30,31,33,34)/t21-,22-. The maximum atomic E-state index is 5.55. The second-order valence-corrected chi connectivity index (χ2v) is 10.8. The second kappa shape index (κ2) is 10.0. The number of morpholine rings is 1. The molecule has 37 heavy (non-hydrogen) atoms. The predicted molar refractivity (Wildman–Crippen MR) is 146 cm³/mol. The molecule has 0 radical (unpaired) electrons. The van der Waals surface area contributed by atoms with Crippen LogP contribution in [0.2, 0.25) is 0 Å². The van der Waals surface area contributed by atoms with Crippen LogP contribution in [-0.2, 0) is 4.74 Å². The zero-order valence-electron chi connectivity index (χ0n) is 21.3. The van der Waals surface area contributed by atoms with Gasteiger partial charge in [0.1, 0.15) is 17.8 Å². The fourth-order valence-electron chi connectivity index (χ4n) is 6.49. The highest BCUT2D eigenvalue weighted by molar-refractivity contribution is 6.12. The summed E-state index contributed by atoms with van der Waals surface area (Å²) in [5.41, 5.74) is 4.30. The Morgan fingerprint density at radius 2 is 1.76 bits per heavy atom. The lowest BCUT2D eigenvalue weighted by atomic mass is 9.90. The summed E-state index contributed by atoms with van der Waals surface area (Å²) in [6, 6.07) is 8.21. The third kappa shape index (κ3) is 4.60. The van der Waals surface area contributed by atoms with Crippen molar-refractivity contribution >= 4 is 27.8 Å². The van der Waals surface area contributed by atoms with Crippen molar-refractivity contribution in [3.8, 4) is 11.1 Å². The minimum Gasteiger partial charge on any atom is -0.379 e. The molecule has 2 saturated heterocycles. The van der Waals surface area contributed by atoms with Gasteiger partial charge in [-0.1, -0.05) is 6.07 Å². The van der Waals surface area contributed by atoms with E-state index in [1.807, 2.05) is 6.20 Å². The number of rotatable bonds is 5. The number of hydrogen-bond donors (Lipinski definition) is 3. The number of nitrogens with zero attached hydrogens (tertiary/aromatic N) is 5. The molecule has 3 aromatic heterocycles. The number of fused-ring (bicyclic) bond motifs is 3. The quantitative estimate of drug-likeness (QED) is 0.382. The first-order valence-electron chi connectivity index (χ1n) is 13.9. The average Bonchev–Trinajstić information content (AvgIpc) is 3.60. The summed E-state index contributed by atoms with van der Waals surface area (Å²) in [5.74, 6) is 0.939. The van der Waals surface area contributed by atoms with Crippen molar-refractivity contribution in [2.75, 3.05) is 44.7 Å². The highest BCUT2D eigenvalue weighted by atomic mass is 16.5. The maximum Gasteiger partial charge on any atom is 0.143 e. The number of anilines is 1. The number of aromatic amines is 1. The van der Waals surface area contributed by atoms with Crippen LogP contribution < -0.4 is 10.6 Å². The summed E-state index contributed by atoms with van der Waals surface area (Å²) in [5, 5.41) is 14.2. The highest BCUT2D eigenvalue weighted by Crippen LogP contribution is 2.34. The Balaban J connectivity index is 1.13. The molecule has 4 aromatic rings. The molecule has 3 N–H and O–H groups in total. The van der Waals surface area contributed by atoms with Gasteiger partial charge in [0.15, 0.2) is 0 Å². The fraction of sp³-hybridized carbons (Fsp3) is 0.536. The Kier molecular flexibility index (Phi) is 6.28. The van der Waals surface area contributed by atoms with Gasteiger partial charge in [0.05, 0.1) is 30.8 Å². The van der Waals surface area contributed by atoms with Gasteiger partial charge in [-0.25, -0.2) is 9.97 Å². The van der Waals surface area contributed by atoms with E-state index < -0.39 is 0 Å². The molecule has 5 heterocycles. The van der Waals surface area contributed by atoms with E-state index >= 15 is 0 Å². The van der Waals surface area contributed by atoms with Crippen molar-refractivity contribution in [3.63, 3.8) is 0 Å². The topological polar surface area (TPSA) is 95.9 Å². The van der Waals surface area contributed by atoms with Gasteiger partial charge in [0.25, 0.3) is 0 Å². The van der Waals surface area contributed by atoms with Crippen molar-refractivity contribution in [2.45, 2.75) is 56.7 Å². The summed E-state index contributed by atoms with van der Waals surface area (Å²) < 4.78 is 7.70. The molecule has 0 spiro atoms. The first-order chi connectivity index (χ1) is 18.3. The van der Waals surface area contributed by atoms with Crippen LogP contribution in [0, 0.1) is 0 Å². The third-order valence-corrected chi connectivity index (χ3v) is 8.61. The summed E-state index contributed by atoms with van der Waals surface area (Å²) >= 11 is 0. The van der Waals surface area contributed by atoms with E-state index in [2.05, 4.69) is 54.6 Å². The lowest BCUT2D eigenvalue weighted by Crippen LogP contribution is -2.46. The average molecular weight is 501 g/mol. The molecular formula is C28H36N8O. The largest absolute Gasteiger partial charge is 0.379 e. The van der Waals surface area contributed by atoms with Crippen molar-refractivity contribution in [3.05, 3.63) is 36.9 Å². The second-order valence-electron chi connectivity index (χ2n) is 10.8. The molecule has 1 aromatic carbocycles. The van der Waals surface area contributed by atoms with Crippen LogP contribution in [0.5, 0.6) is 0 Å². The highest BCUT2D eigenvalue weighted by Gasteiger charge is 2.27. The molecule has 0 bridgehead atoms. The van der Waals surface area contributed by atoms with Crippen LogP contribution in [0.1, 0.15) is 44.6 Å². The molecule has 0 unspecified atom stereocenters. The SMILES string of the molecule is c1nc(N[C@H]2CC[C@H](N3CCOCC3)CC2)c2c(n1)[nH]c1ccc(-c3cnn(C4CCNCC4)c3)cc12. The molecule has 7 rings (SSSR count). The molecule has 0 atom stereocenters. The summed E-state index contributed by atoms with van der Waals surface area (Å²) in [6.07, 6.45) is 12.9. The van der Waals surface area contributed by atoms with E-state index in [-0.39, 0.29) is 0 Å². The molecule has 1 aliphatic carbocycles. The van der Waals surface area contributed by atoms with Gasteiger partial charge < -0.3 is 20.4 Å². The molecule has 194 valence electrons. The van der Waals surface area contributed by atoms with Crippen molar-refractivity contribution in [2.24, 2.45) is 0 Å². The number of H-pyrrole nitrogens is 1. The van der Waals surface area contributed by atoms with Crippen LogP contribution in [0.15, 0.2) is 36.9 Å². The van der Waals surface area contributed by atoms with Crippen LogP contribution in [0.3, 0.4) is 0 Å². The lowest BCUT2D eigenvalue weighted by molar-refractivity contribution is 0.00791. The van der Waals surface area contributed by atoms with Crippen LogP contribution in [0.25, 0.3) is 33.1 Å². The van der Waals surface area contributed by atoms with Gasteiger partial charge in [-0.3, -0.25) is 9.58 Å². The first kappa shape index (κ1) is 23.1. The Morgan fingerprint density at radius 1 is 0.919 bits per heavy atom. The van der Waals surface area contributed by atoms with Gasteiger partial charge >= 0.3 is 0 Å². The molecule has 9 nitrogen and oxygen atoms in total. The van der Waals surface area contributed by atoms with Gasteiger partial charge in [-0.15, -0.1) is 0 Å². The molecule has 0 amide bonds. The summed E-state index contributed by atoms with van der Waals surface area (Å²) in [4.78, 5) is 15.4. The number of benzene rings is 1. The van der Waals surface area contributed by atoms with Crippen LogP contribution in [0.4, 0.5) is 5.82 Å². The van der Waals surface area contributed by atoms with E-state index in [4.69, 9.17) is 14.8 Å². The van der Waals surface area contributed by atoms with E-state index in [0.717, 1.165) is 98.4 Å². The number of ether oxygens (including phenoxy) is 1. The van der Waals surface area contributed by atoms with Crippen molar-refractivity contribution < 1.29 is 4.74 Å². The number of nitrogens with one attached hydrogen (secondary N) is 3. The Hall–Kier alpha value is -3.01. The first-order valence-corrected chi connectivity index (χ1v) is 13.9.